The topological polar surface area (TPSA) is 68.1 Å². The molecule has 28 heavy (non-hydrogen) atoms. The van der Waals surface area contributed by atoms with Gasteiger partial charge in [0.1, 0.15) is 5.69 Å². The third-order valence-corrected chi connectivity index (χ3v) is 7.50. The van der Waals surface area contributed by atoms with Crippen LogP contribution in [-0.4, -0.2) is 41.3 Å². The first kappa shape index (κ1) is 20.6. The van der Waals surface area contributed by atoms with Gasteiger partial charge in [-0.25, -0.2) is 26.6 Å². The predicted molar refractivity (Wildman–Crippen MR) is 94.0 cm³/mol. The van der Waals surface area contributed by atoms with E-state index in [0.717, 1.165) is 11.6 Å². The number of aromatic nitrogens is 3. The lowest BCUT2D eigenvalue weighted by molar-refractivity contribution is 0.145. The summed E-state index contributed by atoms with van der Waals surface area (Å²) in [6, 6.07) is 3.59. The second kappa shape index (κ2) is 7.34. The normalized spacial score (nSPS) is 18.5. The number of hydrogen-bond acceptors (Lipinski definition) is 5. The van der Waals surface area contributed by atoms with E-state index in [0.29, 0.717) is 24.8 Å². The largest absolute Gasteiger partial charge is 0.371 e. The van der Waals surface area contributed by atoms with Crippen molar-refractivity contribution < 1.29 is 26.0 Å². The molecule has 0 radical (unpaired) electrons. The number of piperidine rings is 1. The van der Waals surface area contributed by atoms with Gasteiger partial charge in [-0.05, 0) is 25.8 Å². The van der Waals surface area contributed by atoms with E-state index in [4.69, 9.17) is 0 Å². The number of alkyl halides is 3. The van der Waals surface area contributed by atoms with Crippen LogP contribution in [0.25, 0.3) is 0 Å². The molecule has 1 aliphatic rings. The number of halogens is 4. The minimum absolute atomic E-state index is 0.204. The summed E-state index contributed by atoms with van der Waals surface area (Å²) < 4.78 is 80.9. The van der Waals surface area contributed by atoms with Crippen molar-refractivity contribution in [1.82, 2.24) is 14.8 Å². The Morgan fingerprint density at radius 3 is 2.43 bits per heavy atom. The third-order valence-electron chi connectivity index (χ3n) is 5.18. The molecule has 0 bridgehead atoms. The van der Waals surface area contributed by atoms with Crippen molar-refractivity contribution in [3.8, 4) is 0 Å². The molecule has 0 amide bonds. The number of rotatable bonds is 5. The van der Waals surface area contributed by atoms with E-state index < -0.39 is 43.8 Å². The highest BCUT2D eigenvalue weighted by molar-refractivity contribution is 7.92. The van der Waals surface area contributed by atoms with Crippen LogP contribution in [0.15, 0.2) is 29.4 Å². The maximum absolute atomic E-state index is 15.5. The zero-order chi connectivity index (χ0) is 20.7. The molecule has 2 aromatic heterocycles. The summed E-state index contributed by atoms with van der Waals surface area (Å²) in [6.45, 7) is 1.62. The molecule has 1 aliphatic heterocycles. The molecule has 3 rings (SSSR count). The van der Waals surface area contributed by atoms with Crippen LogP contribution >= 0.6 is 0 Å². The molecule has 0 N–H and O–H groups in total. The van der Waals surface area contributed by atoms with E-state index in [1.807, 2.05) is 4.90 Å². The number of hydrogen-bond donors (Lipinski definition) is 0. The van der Waals surface area contributed by atoms with Crippen molar-refractivity contribution >= 4 is 15.5 Å². The van der Waals surface area contributed by atoms with Crippen molar-refractivity contribution in [3.05, 3.63) is 36.0 Å². The standard InChI is InChI=1S/C17H20F4N4O2S/c1-17(21,28(26,27)15-10-13(16(19)20)23-24(15)2)11-4-7-25(8-5-11)12-3-6-22-14(18)9-12/h3,6,9-11,16H,4-5,7-8H2,1-2H3. The van der Waals surface area contributed by atoms with E-state index in [1.165, 1.54) is 19.3 Å². The van der Waals surface area contributed by atoms with Crippen LogP contribution in [0.1, 0.15) is 31.9 Å². The Bertz CT molecular complexity index is 954. The molecule has 0 aromatic carbocycles. The zero-order valence-corrected chi connectivity index (χ0v) is 16.1. The highest BCUT2D eigenvalue weighted by Crippen LogP contribution is 2.40. The average Bonchev–Trinajstić information content (AvgIpc) is 3.04. The third kappa shape index (κ3) is 3.59. The minimum Gasteiger partial charge on any atom is -0.371 e. The van der Waals surface area contributed by atoms with Gasteiger partial charge in [-0.3, -0.25) is 4.68 Å². The molecular formula is C17H20F4N4O2S. The maximum atomic E-state index is 15.5. The molecule has 154 valence electrons. The van der Waals surface area contributed by atoms with Crippen molar-refractivity contribution in [1.29, 1.82) is 0 Å². The maximum Gasteiger partial charge on any atom is 0.282 e. The minimum atomic E-state index is -4.56. The Morgan fingerprint density at radius 2 is 1.89 bits per heavy atom. The molecule has 11 heteroatoms. The highest BCUT2D eigenvalue weighted by atomic mass is 32.2. The van der Waals surface area contributed by atoms with Crippen molar-refractivity contribution in [2.75, 3.05) is 18.0 Å². The first-order valence-corrected chi connectivity index (χ1v) is 10.1. The SMILES string of the molecule is Cn1nc(C(F)F)cc1S(=O)(=O)C(C)(F)C1CCN(c2ccnc(F)c2)CC1. The fraction of sp³-hybridized carbons (Fsp3) is 0.529. The van der Waals surface area contributed by atoms with Crippen LogP contribution < -0.4 is 4.90 Å². The summed E-state index contributed by atoms with van der Waals surface area (Å²) >= 11 is 0. The smallest absolute Gasteiger partial charge is 0.282 e. The zero-order valence-electron chi connectivity index (χ0n) is 15.3. The predicted octanol–water partition coefficient (Wildman–Crippen LogP) is 3.27. The van der Waals surface area contributed by atoms with Gasteiger partial charge in [0.15, 0.2) is 5.03 Å². The molecule has 6 nitrogen and oxygen atoms in total. The lowest BCUT2D eigenvalue weighted by Crippen LogP contribution is -2.46. The number of pyridine rings is 1. The molecule has 1 unspecified atom stereocenters. The summed E-state index contributed by atoms with van der Waals surface area (Å²) in [6.07, 6.45) is -1.22. The fourth-order valence-corrected chi connectivity index (χ4v) is 5.24. The average molecular weight is 420 g/mol. The quantitative estimate of drug-likeness (QED) is 0.549. The highest BCUT2D eigenvalue weighted by Gasteiger charge is 2.49. The molecule has 1 saturated heterocycles. The molecule has 1 atom stereocenters. The van der Waals surface area contributed by atoms with Gasteiger partial charge in [-0.1, -0.05) is 0 Å². The van der Waals surface area contributed by atoms with Crippen LogP contribution in [0.3, 0.4) is 0 Å². The molecule has 2 aromatic rings. The molecular weight excluding hydrogens is 400 g/mol. The van der Waals surface area contributed by atoms with Crippen molar-refractivity contribution in [3.63, 3.8) is 0 Å². The monoisotopic (exact) mass is 420 g/mol. The molecule has 0 spiro atoms. The number of nitrogens with zero attached hydrogens (tertiary/aromatic N) is 4. The summed E-state index contributed by atoms with van der Waals surface area (Å²) in [5.74, 6) is -1.48. The van der Waals surface area contributed by atoms with Gasteiger partial charge < -0.3 is 4.90 Å². The summed E-state index contributed by atoms with van der Waals surface area (Å²) in [4.78, 5) is 5.31. The van der Waals surface area contributed by atoms with Gasteiger partial charge in [0.25, 0.3) is 6.43 Å². The van der Waals surface area contributed by atoms with Gasteiger partial charge in [-0.2, -0.15) is 9.49 Å². The van der Waals surface area contributed by atoms with E-state index in [9.17, 15) is 21.6 Å². The summed E-state index contributed by atoms with van der Waals surface area (Å²) in [5.41, 5.74) is -0.131. The summed E-state index contributed by atoms with van der Waals surface area (Å²) in [5, 5.41) is 0.232. The second-order valence-corrected chi connectivity index (χ2v) is 9.14. The van der Waals surface area contributed by atoms with E-state index in [2.05, 4.69) is 10.1 Å². The van der Waals surface area contributed by atoms with Crippen molar-refractivity contribution in [2.24, 2.45) is 13.0 Å². The lowest BCUT2D eigenvalue weighted by Gasteiger charge is -2.38. The number of aryl methyl sites for hydroxylation is 1. The Balaban J connectivity index is 1.79. The van der Waals surface area contributed by atoms with Crippen LogP contribution in [0.2, 0.25) is 0 Å². The van der Waals surface area contributed by atoms with Gasteiger partial charge >= 0.3 is 0 Å². The Kier molecular flexibility index (Phi) is 5.39. The molecule has 0 aliphatic carbocycles. The van der Waals surface area contributed by atoms with Crippen LogP contribution in [0, 0.1) is 11.9 Å². The lowest BCUT2D eigenvalue weighted by atomic mass is 9.92. The molecule has 0 saturated carbocycles. The van der Waals surface area contributed by atoms with Crippen molar-refractivity contribution in [2.45, 2.75) is 36.2 Å². The fourth-order valence-electron chi connectivity index (χ4n) is 3.50. The Morgan fingerprint density at radius 1 is 1.25 bits per heavy atom. The summed E-state index contributed by atoms with van der Waals surface area (Å²) in [7, 11) is -3.37. The van der Waals surface area contributed by atoms with E-state index >= 15 is 4.39 Å². The Hall–Kier alpha value is -2.17. The number of anilines is 1. The van der Waals surface area contributed by atoms with Gasteiger partial charge in [0.05, 0.1) is 0 Å². The van der Waals surface area contributed by atoms with E-state index in [-0.39, 0.29) is 12.8 Å². The molecule has 3 heterocycles. The van der Waals surface area contributed by atoms with Crippen LogP contribution in [0.5, 0.6) is 0 Å². The van der Waals surface area contributed by atoms with Gasteiger partial charge in [-0.15, -0.1) is 0 Å². The molecule has 1 fully saturated rings. The van der Waals surface area contributed by atoms with Gasteiger partial charge in [0, 0.05) is 50.1 Å². The first-order valence-electron chi connectivity index (χ1n) is 8.66. The Labute approximate surface area is 160 Å². The van der Waals surface area contributed by atoms with E-state index in [1.54, 1.807) is 6.07 Å². The second-order valence-electron chi connectivity index (χ2n) is 6.92. The van der Waals surface area contributed by atoms with Crippen LogP contribution in [-0.2, 0) is 16.9 Å². The van der Waals surface area contributed by atoms with Crippen LogP contribution in [0.4, 0.5) is 23.2 Å². The first-order chi connectivity index (χ1) is 13.0. The van der Waals surface area contributed by atoms with Gasteiger partial charge in [0.2, 0.25) is 20.8 Å². The number of sulfone groups is 1.